The van der Waals surface area contributed by atoms with Crippen molar-refractivity contribution in [2.24, 2.45) is 0 Å². The number of amides is 1. The maximum Gasteiger partial charge on any atom is 0.251 e. The molecule has 1 aromatic rings. The summed E-state index contributed by atoms with van der Waals surface area (Å²) in [5.74, 6) is 1.10. The van der Waals surface area contributed by atoms with Crippen molar-refractivity contribution in [1.82, 2.24) is 5.32 Å². The van der Waals surface area contributed by atoms with Crippen LogP contribution in [0.1, 0.15) is 17.3 Å². The quantitative estimate of drug-likeness (QED) is 0.857. The molecule has 0 fully saturated rings. The van der Waals surface area contributed by atoms with Gasteiger partial charge in [-0.05, 0) is 41.6 Å². The lowest BCUT2D eigenvalue weighted by Gasteiger charge is -2.11. The summed E-state index contributed by atoms with van der Waals surface area (Å²) in [5, 5.41) is 2.74. The Kier molecular flexibility index (Phi) is 4.85. The summed E-state index contributed by atoms with van der Waals surface area (Å²) in [5.41, 5.74) is 0.573. The molecule has 0 radical (unpaired) electrons. The van der Waals surface area contributed by atoms with Crippen LogP contribution in [0.4, 0.5) is 0 Å². The normalized spacial score (nSPS) is 9.75. The van der Waals surface area contributed by atoms with Crippen molar-refractivity contribution < 1.29 is 14.3 Å². The number of ether oxygens (including phenoxy) is 2. The first kappa shape index (κ1) is 13.1. The molecule has 0 heterocycles. The summed E-state index contributed by atoms with van der Waals surface area (Å²) in [6.07, 6.45) is 0. The highest BCUT2D eigenvalue weighted by Crippen LogP contribution is 2.33. The maximum atomic E-state index is 11.7. The lowest BCUT2D eigenvalue weighted by molar-refractivity contribution is 0.0955. The van der Waals surface area contributed by atoms with Gasteiger partial charge in [0.05, 0.1) is 17.8 Å². The molecular formula is C11H14INO3. The summed E-state index contributed by atoms with van der Waals surface area (Å²) in [7, 11) is 3.13. The summed E-state index contributed by atoms with van der Waals surface area (Å²) >= 11 is 2.11. The van der Waals surface area contributed by atoms with Crippen LogP contribution in [0.3, 0.4) is 0 Å². The SMILES string of the molecule is CCNC(=O)c1cc(I)c(OC)c(OC)c1. The number of carbonyl (C=O) groups is 1. The van der Waals surface area contributed by atoms with E-state index in [0.717, 1.165) is 3.57 Å². The molecule has 0 aliphatic heterocycles. The lowest BCUT2D eigenvalue weighted by Crippen LogP contribution is -2.22. The van der Waals surface area contributed by atoms with E-state index in [2.05, 4.69) is 27.9 Å². The van der Waals surface area contributed by atoms with Crippen molar-refractivity contribution in [3.05, 3.63) is 21.3 Å². The molecule has 16 heavy (non-hydrogen) atoms. The molecule has 5 heteroatoms. The van der Waals surface area contributed by atoms with Crippen LogP contribution in [-0.2, 0) is 0 Å². The topological polar surface area (TPSA) is 47.6 Å². The second-order valence-corrected chi connectivity index (χ2v) is 4.22. The molecule has 1 rings (SSSR count). The Morgan fingerprint density at radius 2 is 2.06 bits per heavy atom. The molecule has 1 N–H and O–H groups in total. The predicted molar refractivity (Wildman–Crippen MR) is 70.3 cm³/mol. The van der Waals surface area contributed by atoms with Crippen LogP contribution in [0.15, 0.2) is 12.1 Å². The third-order valence-electron chi connectivity index (χ3n) is 2.03. The van der Waals surface area contributed by atoms with Gasteiger partial charge in [-0.15, -0.1) is 0 Å². The molecule has 0 atom stereocenters. The second kappa shape index (κ2) is 5.93. The molecule has 0 bridgehead atoms. The molecule has 88 valence electrons. The highest BCUT2D eigenvalue weighted by Gasteiger charge is 2.13. The average Bonchev–Trinajstić information content (AvgIpc) is 2.28. The van der Waals surface area contributed by atoms with E-state index in [9.17, 15) is 4.79 Å². The first-order chi connectivity index (χ1) is 7.63. The summed E-state index contributed by atoms with van der Waals surface area (Å²) in [4.78, 5) is 11.7. The summed E-state index contributed by atoms with van der Waals surface area (Å²) in [6.45, 7) is 2.48. The van der Waals surface area contributed by atoms with Gasteiger partial charge in [-0.3, -0.25) is 4.79 Å². The van der Waals surface area contributed by atoms with E-state index >= 15 is 0 Å². The van der Waals surface area contributed by atoms with Crippen LogP contribution >= 0.6 is 22.6 Å². The van der Waals surface area contributed by atoms with Crippen LogP contribution in [0.25, 0.3) is 0 Å². The van der Waals surface area contributed by atoms with Gasteiger partial charge < -0.3 is 14.8 Å². The van der Waals surface area contributed by atoms with Gasteiger partial charge in [0, 0.05) is 12.1 Å². The number of benzene rings is 1. The van der Waals surface area contributed by atoms with Crippen molar-refractivity contribution in [2.45, 2.75) is 6.92 Å². The van der Waals surface area contributed by atoms with Crippen LogP contribution < -0.4 is 14.8 Å². The summed E-state index contributed by atoms with van der Waals surface area (Å²) in [6, 6.07) is 3.44. The lowest BCUT2D eigenvalue weighted by atomic mass is 10.2. The highest BCUT2D eigenvalue weighted by molar-refractivity contribution is 14.1. The van der Waals surface area contributed by atoms with Gasteiger partial charge >= 0.3 is 0 Å². The molecular weight excluding hydrogens is 321 g/mol. The Bertz CT molecular complexity index is 393. The Balaban J connectivity index is 3.15. The van der Waals surface area contributed by atoms with Crippen molar-refractivity contribution in [2.75, 3.05) is 20.8 Å². The van der Waals surface area contributed by atoms with E-state index in [4.69, 9.17) is 9.47 Å². The molecule has 0 spiro atoms. The Hall–Kier alpha value is -0.980. The van der Waals surface area contributed by atoms with E-state index in [1.54, 1.807) is 26.4 Å². The smallest absolute Gasteiger partial charge is 0.251 e. The summed E-state index contributed by atoms with van der Waals surface area (Å²) < 4.78 is 11.2. The second-order valence-electron chi connectivity index (χ2n) is 3.05. The van der Waals surface area contributed by atoms with E-state index in [0.29, 0.717) is 23.6 Å². The first-order valence-electron chi connectivity index (χ1n) is 4.83. The minimum atomic E-state index is -0.110. The number of methoxy groups -OCH3 is 2. The van der Waals surface area contributed by atoms with E-state index in [1.165, 1.54) is 0 Å². The molecule has 1 aromatic carbocycles. The van der Waals surface area contributed by atoms with Crippen molar-refractivity contribution in [3.8, 4) is 11.5 Å². The molecule has 4 nitrogen and oxygen atoms in total. The van der Waals surface area contributed by atoms with Gasteiger partial charge in [-0.25, -0.2) is 0 Å². The third kappa shape index (κ3) is 2.78. The van der Waals surface area contributed by atoms with Gasteiger partial charge in [0.15, 0.2) is 11.5 Å². The Labute approximate surface area is 108 Å². The predicted octanol–water partition coefficient (Wildman–Crippen LogP) is 2.06. The number of hydrogen-bond donors (Lipinski definition) is 1. The molecule has 0 unspecified atom stereocenters. The zero-order chi connectivity index (χ0) is 12.1. The Morgan fingerprint density at radius 3 is 2.56 bits per heavy atom. The fourth-order valence-corrected chi connectivity index (χ4v) is 2.13. The van der Waals surface area contributed by atoms with Crippen LogP contribution in [0, 0.1) is 3.57 Å². The molecule has 0 aliphatic rings. The standard InChI is InChI=1S/C11H14INO3/c1-4-13-11(14)7-5-8(12)10(16-3)9(6-7)15-2/h5-6H,4H2,1-3H3,(H,13,14). The van der Waals surface area contributed by atoms with Gasteiger partial charge in [0.25, 0.3) is 5.91 Å². The van der Waals surface area contributed by atoms with Crippen molar-refractivity contribution >= 4 is 28.5 Å². The molecule has 0 aromatic heterocycles. The van der Waals surface area contributed by atoms with Crippen LogP contribution in [0.2, 0.25) is 0 Å². The number of halogens is 1. The number of carbonyl (C=O) groups excluding carboxylic acids is 1. The molecule has 1 amide bonds. The van der Waals surface area contributed by atoms with Crippen molar-refractivity contribution in [1.29, 1.82) is 0 Å². The number of hydrogen-bond acceptors (Lipinski definition) is 3. The zero-order valence-corrected chi connectivity index (χ0v) is 11.6. The first-order valence-corrected chi connectivity index (χ1v) is 5.91. The van der Waals surface area contributed by atoms with Crippen LogP contribution in [0.5, 0.6) is 11.5 Å². The third-order valence-corrected chi connectivity index (χ3v) is 2.83. The minimum Gasteiger partial charge on any atom is -0.493 e. The van der Waals surface area contributed by atoms with E-state index in [1.807, 2.05) is 6.92 Å². The molecule has 0 saturated heterocycles. The number of rotatable bonds is 4. The number of nitrogens with one attached hydrogen (secondary N) is 1. The van der Waals surface area contributed by atoms with E-state index < -0.39 is 0 Å². The fourth-order valence-electron chi connectivity index (χ4n) is 1.31. The van der Waals surface area contributed by atoms with Crippen molar-refractivity contribution in [3.63, 3.8) is 0 Å². The minimum absolute atomic E-state index is 0.110. The molecule has 0 saturated carbocycles. The maximum absolute atomic E-state index is 11.7. The largest absolute Gasteiger partial charge is 0.493 e. The fraction of sp³-hybridized carbons (Fsp3) is 0.364. The van der Waals surface area contributed by atoms with E-state index in [-0.39, 0.29) is 5.91 Å². The monoisotopic (exact) mass is 335 g/mol. The average molecular weight is 335 g/mol. The van der Waals surface area contributed by atoms with Gasteiger partial charge in [0.2, 0.25) is 0 Å². The Morgan fingerprint density at radius 1 is 1.38 bits per heavy atom. The zero-order valence-electron chi connectivity index (χ0n) is 9.46. The van der Waals surface area contributed by atoms with Gasteiger partial charge in [0.1, 0.15) is 0 Å². The van der Waals surface area contributed by atoms with Gasteiger partial charge in [-0.1, -0.05) is 0 Å². The van der Waals surface area contributed by atoms with Gasteiger partial charge in [-0.2, -0.15) is 0 Å². The molecule has 0 aliphatic carbocycles. The van der Waals surface area contributed by atoms with Crippen LogP contribution in [-0.4, -0.2) is 26.7 Å². The highest BCUT2D eigenvalue weighted by atomic mass is 127.